The van der Waals surface area contributed by atoms with Crippen molar-refractivity contribution >= 4 is 11.3 Å². The van der Waals surface area contributed by atoms with Crippen molar-refractivity contribution in [1.82, 2.24) is 9.88 Å². The van der Waals surface area contributed by atoms with Crippen LogP contribution in [0.1, 0.15) is 10.7 Å². The van der Waals surface area contributed by atoms with Crippen LogP contribution < -0.4 is 0 Å². The molecule has 0 radical (unpaired) electrons. The third-order valence-corrected chi connectivity index (χ3v) is 2.94. The molecule has 1 aromatic heterocycles. The molecule has 0 aliphatic rings. The first kappa shape index (κ1) is 16.2. The fourth-order valence-electron chi connectivity index (χ4n) is 1.21. The number of halogens is 6. The first-order valence-electron chi connectivity index (χ1n) is 4.95. The fourth-order valence-corrected chi connectivity index (χ4v) is 2.09. The highest BCUT2D eigenvalue weighted by atomic mass is 32.1. The fraction of sp³-hybridized carbons (Fsp3) is 0.667. The summed E-state index contributed by atoms with van der Waals surface area (Å²) in [5, 5.41) is 9.63. The van der Waals surface area contributed by atoms with E-state index >= 15 is 0 Å². The number of aliphatic hydroxyl groups excluding tert-OH is 1. The molecule has 0 fully saturated rings. The van der Waals surface area contributed by atoms with Crippen molar-refractivity contribution in [2.75, 3.05) is 13.6 Å². The zero-order chi connectivity index (χ0) is 14.8. The van der Waals surface area contributed by atoms with E-state index in [-0.39, 0.29) is 11.6 Å². The van der Waals surface area contributed by atoms with Crippen LogP contribution in [0.25, 0.3) is 0 Å². The predicted molar refractivity (Wildman–Crippen MR) is 55.5 cm³/mol. The van der Waals surface area contributed by atoms with Gasteiger partial charge in [0, 0.05) is 11.9 Å². The third kappa shape index (κ3) is 4.96. The van der Waals surface area contributed by atoms with Crippen LogP contribution in [0.15, 0.2) is 5.38 Å². The molecule has 10 heteroatoms. The molecular formula is C9H10F6N2OS. The quantitative estimate of drug-likeness (QED) is 0.868. The SMILES string of the molecule is CN(Cc1nc(C(F)(F)F)cs1)CC(O)C(F)(F)F. The first-order chi connectivity index (χ1) is 8.50. The smallest absolute Gasteiger partial charge is 0.382 e. The third-order valence-electron chi connectivity index (χ3n) is 2.11. The first-order valence-corrected chi connectivity index (χ1v) is 5.83. The van der Waals surface area contributed by atoms with Gasteiger partial charge in [-0.25, -0.2) is 4.98 Å². The summed E-state index contributed by atoms with van der Waals surface area (Å²) in [6.07, 6.45) is -11.9. The number of nitrogens with zero attached hydrogens (tertiary/aromatic N) is 2. The average Bonchev–Trinajstić information content (AvgIpc) is 2.63. The number of hydrogen-bond donors (Lipinski definition) is 1. The molecule has 0 aromatic carbocycles. The zero-order valence-electron chi connectivity index (χ0n) is 9.59. The Morgan fingerprint density at radius 2 is 1.89 bits per heavy atom. The van der Waals surface area contributed by atoms with Gasteiger partial charge < -0.3 is 5.11 Å². The lowest BCUT2D eigenvalue weighted by Crippen LogP contribution is -2.39. The Kier molecular flexibility index (Phi) is 4.80. The molecular weight excluding hydrogens is 298 g/mol. The summed E-state index contributed by atoms with van der Waals surface area (Å²) >= 11 is 0.704. The Labute approximate surface area is 108 Å². The Hall–Kier alpha value is -0.870. The number of hydrogen-bond acceptors (Lipinski definition) is 4. The lowest BCUT2D eigenvalue weighted by molar-refractivity contribution is -0.207. The molecule has 19 heavy (non-hydrogen) atoms. The van der Waals surface area contributed by atoms with Crippen LogP contribution in [-0.4, -0.2) is 40.9 Å². The van der Waals surface area contributed by atoms with E-state index in [1.54, 1.807) is 0 Å². The predicted octanol–water partition coefficient (Wildman–Crippen LogP) is 2.52. The van der Waals surface area contributed by atoms with Gasteiger partial charge in [0.2, 0.25) is 0 Å². The van der Waals surface area contributed by atoms with Crippen LogP contribution in [0.4, 0.5) is 26.3 Å². The van der Waals surface area contributed by atoms with E-state index in [1.165, 1.54) is 7.05 Å². The number of alkyl halides is 6. The van der Waals surface area contributed by atoms with Gasteiger partial charge in [0.05, 0.1) is 6.54 Å². The van der Waals surface area contributed by atoms with Crippen molar-refractivity contribution in [3.63, 3.8) is 0 Å². The molecule has 0 saturated heterocycles. The molecule has 1 rings (SSSR count). The molecule has 1 heterocycles. The Balaban J connectivity index is 2.58. The molecule has 1 N–H and O–H groups in total. The standard InChI is InChI=1S/C9H10F6N2OS/c1-17(2-6(18)9(13,14)15)3-7-16-5(4-19-7)8(10,11)12/h4,6,18H,2-3H2,1H3. The van der Waals surface area contributed by atoms with Gasteiger partial charge in [0.1, 0.15) is 5.01 Å². The molecule has 110 valence electrons. The van der Waals surface area contributed by atoms with Crippen molar-refractivity contribution in [3.05, 3.63) is 16.1 Å². The minimum absolute atomic E-state index is 0.0317. The number of aromatic nitrogens is 1. The van der Waals surface area contributed by atoms with Crippen molar-refractivity contribution in [2.24, 2.45) is 0 Å². The Morgan fingerprint density at radius 1 is 1.32 bits per heavy atom. The van der Waals surface area contributed by atoms with Gasteiger partial charge in [0.25, 0.3) is 0 Å². The van der Waals surface area contributed by atoms with Crippen LogP contribution >= 0.6 is 11.3 Å². The molecule has 0 aliphatic carbocycles. The summed E-state index contributed by atoms with van der Waals surface area (Å²) in [6.45, 7) is -0.932. The number of aliphatic hydroxyl groups is 1. The minimum atomic E-state index is -4.76. The van der Waals surface area contributed by atoms with Gasteiger partial charge in [-0.1, -0.05) is 0 Å². The van der Waals surface area contributed by atoms with Crippen molar-refractivity contribution in [3.8, 4) is 0 Å². The minimum Gasteiger partial charge on any atom is -0.382 e. The average molecular weight is 308 g/mol. The summed E-state index contributed by atoms with van der Waals surface area (Å²) in [5.41, 5.74) is -1.07. The molecule has 1 unspecified atom stereocenters. The van der Waals surface area contributed by atoms with Gasteiger partial charge in [-0.2, -0.15) is 26.3 Å². The highest BCUT2D eigenvalue weighted by Crippen LogP contribution is 2.30. The summed E-state index contributed by atoms with van der Waals surface area (Å²) in [6, 6.07) is 0. The number of likely N-dealkylation sites (N-methyl/N-ethyl adjacent to an activating group) is 1. The van der Waals surface area contributed by atoms with Gasteiger partial charge in [0.15, 0.2) is 11.8 Å². The van der Waals surface area contributed by atoms with Crippen molar-refractivity contribution in [2.45, 2.75) is 25.0 Å². The maximum Gasteiger partial charge on any atom is 0.434 e. The normalized spacial score (nSPS) is 15.0. The van der Waals surface area contributed by atoms with E-state index in [0.717, 1.165) is 10.3 Å². The second kappa shape index (κ2) is 5.63. The largest absolute Gasteiger partial charge is 0.434 e. The van der Waals surface area contributed by atoms with E-state index in [0.29, 0.717) is 11.3 Å². The van der Waals surface area contributed by atoms with Crippen molar-refractivity contribution in [1.29, 1.82) is 0 Å². The van der Waals surface area contributed by atoms with Crippen LogP contribution in [0.3, 0.4) is 0 Å². The molecule has 0 bridgehead atoms. The zero-order valence-corrected chi connectivity index (χ0v) is 10.4. The Bertz CT molecular complexity index is 416. The molecule has 0 aliphatic heterocycles. The maximum atomic E-state index is 12.2. The van der Waals surface area contributed by atoms with Gasteiger partial charge >= 0.3 is 12.4 Å². The van der Waals surface area contributed by atoms with Gasteiger partial charge in [-0.05, 0) is 7.05 Å². The van der Waals surface area contributed by atoms with E-state index < -0.39 is 30.7 Å². The highest BCUT2D eigenvalue weighted by Gasteiger charge is 2.39. The lowest BCUT2D eigenvalue weighted by atomic mass is 10.3. The van der Waals surface area contributed by atoms with Crippen LogP contribution in [0, 0.1) is 0 Å². The van der Waals surface area contributed by atoms with Crippen LogP contribution in [-0.2, 0) is 12.7 Å². The Morgan fingerprint density at radius 3 is 2.32 bits per heavy atom. The van der Waals surface area contributed by atoms with Gasteiger partial charge in [-0.15, -0.1) is 11.3 Å². The van der Waals surface area contributed by atoms with Gasteiger partial charge in [-0.3, -0.25) is 4.90 Å². The lowest BCUT2D eigenvalue weighted by Gasteiger charge is -2.21. The number of thiazole rings is 1. The van der Waals surface area contributed by atoms with E-state index in [9.17, 15) is 26.3 Å². The molecule has 0 saturated carbocycles. The van der Waals surface area contributed by atoms with E-state index in [2.05, 4.69) is 4.98 Å². The maximum absolute atomic E-state index is 12.2. The molecule has 3 nitrogen and oxygen atoms in total. The molecule has 1 aromatic rings. The number of rotatable bonds is 4. The summed E-state index contributed by atoms with van der Waals surface area (Å²) in [5.74, 6) is 0. The van der Waals surface area contributed by atoms with E-state index in [1.807, 2.05) is 0 Å². The molecule has 0 amide bonds. The summed E-state index contributed by atoms with van der Waals surface area (Å²) < 4.78 is 73.0. The summed E-state index contributed by atoms with van der Waals surface area (Å²) in [7, 11) is 1.25. The molecule has 1 atom stereocenters. The monoisotopic (exact) mass is 308 g/mol. The second-order valence-corrected chi connectivity index (χ2v) is 4.82. The topological polar surface area (TPSA) is 36.4 Å². The van der Waals surface area contributed by atoms with Crippen LogP contribution in [0.5, 0.6) is 0 Å². The molecule has 0 spiro atoms. The summed E-state index contributed by atoms with van der Waals surface area (Å²) in [4.78, 5) is 4.33. The van der Waals surface area contributed by atoms with Crippen LogP contribution in [0.2, 0.25) is 0 Å². The highest BCUT2D eigenvalue weighted by molar-refractivity contribution is 7.09. The van der Waals surface area contributed by atoms with E-state index in [4.69, 9.17) is 5.11 Å². The van der Waals surface area contributed by atoms with Crippen molar-refractivity contribution < 1.29 is 31.4 Å². The second-order valence-electron chi connectivity index (χ2n) is 3.88.